The van der Waals surface area contributed by atoms with Crippen LogP contribution in [0.15, 0.2) is 72.8 Å². The monoisotopic (exact) mass is 388 g/mol. The molecule has 0 radical (unpaired) electrons. The summed E-state index contributed by atoms with van der Waals surface area (Å²) in [5.74, 6) is 0.903. The molecule has 1 unspecified atom stereocenters. The first-order chi connectivity index (χ1) is 13.8. The van der Waals surface area contributed by atoms with Crippen molar-refractivity contribution in [3.63, 3.8) is 0 Å². The second kappa shape index (κ2) is 7.34. The SMILES string of the molecule is Clc1ccc(C2NCCc3c2[nH]c2ccc(OCc4ccccc4)cc32)cc1. The molecule has 3 nitrogen and oxygen atoms in total. The van der Waals surface area contributed by atoms with E-state index in [4.69, 9.17) is 16.3 Å². The normalized spacial score (nSPS) is 16.1. The van der Waals surface area contributed by atoms with E-state index >= 15 is 0 Å². The van der Waals surface area contributed by atoms with E-state index in [2.05, 4.69) is 46.7 Å². The number of aromatic nitrogens is 1. The summed E-state index contributed by atoms with van der Waals surface area (Å²) in [6, 6.07) is 24.8. The summed E-state index contributed by atoms with van der Waals surface area (Å²) in [6.45, 7) is 1.52. The van der Waals surface area contributed by atoms with E-state index in [1.54, 1.807) is 0 Å². The van der Waals surface area contributed by atoms with Gasteiger partial charge in [-0.25, -0.2) is 0 Å². The van der Waals surface area contributed by atoms with Gasteiger partial charge >= 0.3 is 0 Å². The zero-order chi connectivity index (χ0) is 18.9. The molecule has 0 saturated carbocycles. The smallest absolute Gasteiger partial charge is 0.120 e. The van der Waals surface area contributed by atoms with Gasteiger partial charge in [-0.15, -0.1) is 0 Å². The van der Waals surface area contributed by atoms with Crippen molar-refractivity contribution in [3.8, 4) is 5.75 Å². The Morgan fingerprint density at radius 1 is 0.964 bits per heavy atom. The van der Waals surface area contributed by atoms with Crippen LogP contribution in [0.1, 0.15) is 28.4 Å². The molecule has 4 aromatic rings. The summed E-state index contributed by atoms with van der Waals surface area (Å²) >= 11 is 6.06. The molecule has 140 valence electrons. The highest BCUT2D eigenvalue weighted by molar-refractivity contribution is 6.30. The van der Waals surface area contributed by atoms with Gasteiger partial charge in [-0.1, -0.05) is 54.1 Å². The Hall–Kier alpha value is -2.75. The van der Waals surface area contributed by atoms with Crippen LogP contribution in [0.25, 0.3) is 10.9 Å². The lowest BCUT2D eigenvalue weighted by atomic mass is 9.94. The number of ether oxygens (including phenoxy) is 1. The van der Waals surface area contributed by atoms with E-state index in [1.165, 1.54) is 27.8 Å². The van der Waals surface area contributed by atoms with Crippen LogP contribution < -0.4 is 10.1 Å². The van der Waals surface area contributed by atoms with E-state index in [0.29, 0.717) is 6.61 Å². The minimum absolute atomic E-state index is 0.155. The maximum absolute atomic E-state index is 6.06. The number of hydrogen-bond donors (Lipinski definition) is 2. The maximum atomic E-state index is 6.06. The topological polar surface area (TPSA) is 37.0 Å². The maximum Gasteiger partial charge on any atom is 0.120 e. The highest BCUT2D eigenvalue weighted by Crippen LogP contribution is 2.35. The summed E-state index contributed by atoms with van der Waals surface area (Å²) < 4.78 is 6.04. The molecule has 2 N–H and O–H groups in total. The van der Waals surface area contributed by atoms with Crippen molar-refractivity contribution in [3.05, 3.63) is 100 Å². The first kappa shape index (κ1) is 17.4. The van der Waals surface area contributed by atoms with E-state index in [9.17, 15) is 0 Å². The van der Waals surface area contributed by atoms with Crippen molar-refractivity contribution in [2.24, 2.45) is 0 Å². The minimum Gasteiger partial charge on any atom is -0.489 e. The van der Waals surface area contributed by atoms with E-state index in [0.717, 1.165) is 29.3 Å². The number of nitrogens with one attached hydrogen (secondary N) is 2. The van der Waals surface area contributed by atoms with Crippen LogP contribution in [0.2, 0.25) is 5.02 Å². The molecule has 1 aliphatic rings. The molecule has 0 saturated heterocycles. The van der Waals surface area contributed by atoms with Gasteiger partial charge in [0.1, 0.15) is 12.4 Å². The molecule has 28 heavy (non-hydrogen) atoms. The van der Waals surface area contributed by atoms with Gasteiger partial charge in [-0.2, -0.15) is 0 Å². The lowest BCUT2D eigenvalue weighted by molar-refractivity contribution is 0.306. The minimum atomic E-state index is 0.155. The number of fused-ring (bicyclic) bond motifs is 3. The Labute approximate surface area is 169 Å². The highest BCUT2D eigenvalue weighted by atomic mass is 35.5. The van der Waals surface area contributed by atoms with Crippen LogP contribution in [0.3, 0.4) is 0 Å². The Morgan fingerprint density at radius 2 is 1.79 bits per heavy atom. The Balaban J connectivity index is 1.47. The van der Waals surface area contributed by atoms with Crippen LogP contribution >= 0.6 is 11.6 Å². The molecule has 2 heterocycles. The van der Waals surface area contributed by atoms with Crippen molar-refractivity contribution < 1.29 is 4.74 Å². The number of aromatic amines is 1. The summed E-state index contributed by atoms with van der Waals surface area (Å²) in [4.78, 5) is 3.63. The molecule has 0 fully saturated rings. The van der Waals surface area contributed by atoms with Gasteiger partial charge in [0.05, 0.1) is 6.04 Å². The molecule has 0 amide bonds. The van der Waals surface area contributed by atoms with Crippen molar-refractivity contribution >= 4 is 22.5 Å². The first-order valence-corrected chi connectivity index (χ1v) is 9.96. The quantitative estimate of drug-likeness (QED) is 0.475. The number of benzene rings is 3. The summed E-state index contributed by atoms with van der Waals surface area (Å²) in [5.41, 5.74) is 6.16. The predicted molar refractivity (Wildman–Crippen MR) is 114 cm³/mol. The van der Waals surface area contributed by atoms with Crippen LogP contribution in [0.4, 0.5) is 0 Å². The third-order valence-corrected chi connectivity index (χ3v) is 5.63. The predicted octanol–water partition coefficient (Wildman–Crippen LogP) is 5.64. The van der Waals surface area contributed by atoms with Gasteiger partial charge in [0.15, 0.2) is 0 Å². The molecule has 0 aliphatic carbocycles. The van der Waals surface area contributed by atoms with Crippen LogP contribution in [0, 0.1) is 0 Å². The lowest BCUT2D eigenvalue weighted by Crippen LogP contribution is -2.30. The summed E-state index contributed by atoms with van der Waals surface area (Å²) in [7, 11) is 0. The largest absolute Gasteiger partial charge is 0.489 e. The van der Waals surface area contributed by atoms with Crippen molar-refractivity contribution in [1.29, 1.82) is 0 Å². The fourth-order valence-corrected chi connectivity index (χ4v) is 4.10. The molecule has 1 atom stereocenters. The summed E-state index contributed by atoms with van der Waals surface area (Å²) in [6.07, 6.45) is 1.00. The van der Waals surface area contributed by atoms with Crippen molar-refractivity contribution in [2.45, 2.75) is 19.1 Å². The second-order valence-electron chi connectivity index (χ2n) is 7.19. The van der Waals surface area contributed by atoms with Crippen LogP contribution in [-0.4, -0.2) is 11.5 Å². The van der Waals surface area contributed by atoms with Gasteiger partial charge in [0.2, 0.25) is 0 Å². The van der Waals surface area contributed by atoms with Gasteiger partial charge in [0.25, 0.3) is 0 Å². The molecule has 1 aliphatic heterocycles. The Bertz CT molecular complexity index is 1100. The van der Waals surface area contributed by atoms with Crippen molar-refractivity contribution in [1.82, 2.24) is 10.3 Å². The average Bonchev–Trinajstić information content (AvgIpc) is 3.12. The molecule has 3 aromatic carbocycles. The molecule has 1 aromatic heterocycles. The van der Waals surface area contributed by atoms with E-state index in [-0.39, 0.29) is 6.04 Å². The number of halogens is 1. The third kappa shape index (κ3) is 3.28. The van der Waals surface area contributed by atoms with E-state index in [1.807, 2.05) is 36.4 Å². The van der Waals surface area contributed by atoms with Gasteiger partial charge < -0.3 is 15.0 Å². The molecule has 0 spiro atoms. The second-order valence-corrected chi connectivity index (χ2v) is 7.62. The fraction of sp³-hybridized carbons (Fsp3) is 0.167. The Morgan fingerprint density at radius 3 is 2.61 bits per heavy atom. The van der Waals surface area contributed by atoms with Crippen LogP contribution in [-0.2, 0) is 13.0 Å². The fourth-order valence-electron chi connectivity index (χ4n) is 3.98. The molecular weight excluding hydrogens is 368 g/mol. The lowest BCUT2D eigenvalue weighted by Gasteiger charge is -2.25. The molecule has 0 bridgehead atoms. The van der Waals surface area contributed by atoms with Crippen molar-refractivity contribution in [2.75, 3.05) is 6.54 Å². The number of hydrogen-bond acceptors (Lipinski definition) is 2. The number of rotatable bonds is 4. The molecular formula is C24H21ClN2O. The summed E-state index contributed by atoms with van der Waals surface area (Å²) in [5, 5.41) is 5.64. The zero-order valence-corrected chi connectivity index (χ0v) is 16.2. The average molecular weight is 389 g/mol. The third-order valence-electron chi connectivity index (χ3n) is 5.37. The number of H-pyrrole nitrogens is 1. The Kier molecular flexibility index (Phi) is 4.55. The van der Waals surface area contributed by atoms with Crippen LogP contribution in [0.5, 0.6) is 5.75 Å². The zero-order valence-electron chi connectivity index (χ0n) is 15.4. The van der Waals surface area contributed by atoms with Gasteiger partial charge in [-0.3, -0.25) is 0 Å². The van der Waals surface area contributed by atoms with E-state index < -0.39 is 0 Å². The molecule has 4 heteroatoms. The van der Waals surface area contributed by atoms with Gasteiger partial charge in [-0.05, 0) is 53.4 Å². The highest BCUT2D eigenvalue weighted by Gasteiger charge is 2.25. The molecule has 5 rings (SSSR count). The van der Waals surface area contributed by atoms with Gasteiger partial charge in [0, 0.05) is 28.2 Å². The standard InChI is InChI=1S/C24H21ClN2O/c25-18-8-6-17(7-9-18)23-24-20(12-13-26-23)21-14-19(10-11-22(21)27-24)28-15-16-4-2-1-3-5-16/h1-11,14,23,26-27H,12-13,15H2. The first-order valence-electron chi connectivity index (χ1n) is 9.58.